The summed E-state index contributed by atoms with van der Waals surface area (Å²) in [6, 6.07) is 4.13. The molecule has 0 spiro atoms. The molecular weight excluding hydrogens is 418 g/mol. The van der Waals surface area contributed by atoms with Crippen LogP contribution in [0, 0.1) is 5.82 Å². The molecule has 162 valence electrons. The van der Waals surface area contributed by atoms with Crippen LogP contribution < -0.4 is 15.0 Å². The van der Waals surface area contributed by atoms with E-state index in [-0.39, 0.29) is 17.3 Å². The van der Waals surface area contributed by atoms with Gasteiger partial charge in [0.2, 0.25) is 0 Å². The average molecular weight is 434 g/mol. The fourth-order valence-corrected chi connectivity index (χ4v) is 3.06. The molecule has 0 radical (unpaired) electrons. The molecule has 0 bridgehead atoms. The summed E-state index contributed by atoms with van der Waals surface area (Å²) < 4.78 is 79.0. The Kier molecular flexibility index (Phi) is 6.32. The zero-order valence-corrected chi connectivity index (χ0v) is 15.3. The lowest BCUT2D eigenvalue weighted by molar-refractivity contribution is -0.275. The Morgan fingerprint density at radius 1 is 1.17 bits per heavy atom. The normalized spacial score (nSPS) is 15.4. The second kappa shape index (κ2) is 8.76. The van der Waals surface area contributed by atoms with Crippen LogP contribution in [0.4, 0.5) is 32.2 Å². The van der Waals surface area contributed by atoms with Gasteiger partial charge in [-0.3, -0.25) is 4.79 Å². The van der Waals surface area contributed by atoms with E-state index in [0.29, 0.717) is 31.7 Å². The number of alkyl halides is 5. The highest BCUT2D eigenvalue weighted by molar-refractivity contribution is 5.79. The minimum Gasteiger partial charge on any atom is -0.403 e. The predicted molar refractivity (Wildman–Crippen MR) is 93.5 cm³/mol. The van der Waals surface area contributed by atoms with E-state index < -0.39 is 30.3 Å². The number of carbonyl (C=O) groups excluding carboxylic acids is 1. The Hall–Kier alpha value is -3.05. The molecule has 1 fully saturated rings. The number of rotatable bonds is 5. The molecule has 1 aromatic heterocycles. The van der Waals surface area contributed by atoms with Gasteiger partial charge in [-0.2, -0.15) is 8.78 Å². The molecule has 1 aliphatic heterocycles. The van der Waals surface area contributed by atoms with Crippen molar-refractivity contribution >= 4 is 11.7 Å². The van der Waals surface area contributed by atoms with E-state index in [1.165, 1.54) is 18.5 Å². The molecule has 1 aliphatic rings. The van der Waals surface area contributed by atoms with Gasteiger partial charge in [0, 0.05) is 30.8 Å². The van der Waals surface area contributed by atoms with Crippen molar-refractivity contribution < 1.29 is 35.9 Å². The highest BCUT2D eigenvalue weighted by Gasteiger charge is 2.32. The molecule has 0 atom stereocenters. The maximum atomic E-state index is 14.0. The van der Waals surface area contributed by atoms with Gasteiger partial charge >= 0.3 is 12.8 Å². The molecule has 12 heteroatoms. The van der Waals surface area contributed by atoms with E-state index in [4.69, 9.17) is 0 Å². The van der Waals surface area contributed by atoms with Crippen LogP contribution in [0.2, 0.25) is 0 Å². The highest BCUT2D eigenvalue weighted by atomic mass is 19.4. The zero-order chi connectivity index (χ0) is 21.9. The number of nitrogens with zero attached hydrogens (tertiary/aromatic N) is 3. The molecule has 1 N–H and O–H groups in total. The molecule has 1 saturated heterocycles. The van der Waals surface area contributed by atoms with Crippen LogP contribution >= 0.6 is 0 Å². The third-order valence-electron chi connectivity index (χ3n) is 4.47. The van der Waals surface area contributed by atoms with Crippen molar-refractivity contribution in [3.63, 3.8) is 0 Å². The maximum Gasteiger partial charge on any atom is 0.573 e. The smallest absolute Gasteiger partial charge is 0.403 e. The number of aromatic nitrogens is 2. The van der Waals surface area contributed by atoms with Gasteiger partial charge in [0.05, 0.1) is 5.69 Å². The van der Waals surface area contributed by atoms with E-state index in [2.05, 4.69) is 20.0 Å². The maximum absolute atomic E-state index is 14.0. The number of ether oxygens (including phenoxy) is 1. The van der Waals surface area contributed by atoms with Crippen molar-refractivity contribution in [2.45, 2.75) is 31.7 Å². The van der Waals surface area contributed by atoms with Crippen molar-refractivity contribution in [2.24, 2.45) is 0 Å². The van der Waals surface area contributed by atoms with Crippen molar-refractivity contribution in [1.29, 1.82) is 0 Å². The molecule has 0 saturated carbocycles. The zero-order valence-electron chi connectivity index (χ0n) is 15.3. The summed E-state index contributed by atoms with van der Waals surface area (Å²) in [6.07, 6.45) is -5.99. The molecule has 3 rings (SSSR count). The van der Waals surface area contributed by atoms with Gasteiger partial charge < -0.3 is 15.0 Å². The van der Waals surface area contributed by atoms with Crippen molar-refractivity contribution in [2.75, 3.05) is 18.0 Å². The van der Waals surface area contributed by atoms with Gasteiger partial charge in [-0.1, -0.05) is 0 Å². The second-order valence-corrected chi connectivity index (χ2v) is 6.53. The lowest BCUT2D eigenvalue weighted by atomic mass is 10.0. The van der Waals surface area contributed by atoms with Gasteiger partial charge in [-0.15, -0.1) is 13.2 Å². The summed E-state index contributed by atoms with van der Waals surface area (Å²) in [7, 11) is 0. The minimum atomic E-state index is -5.01. The third kappa shape index (κ3) is 5.51. The van der Waals surface area contributed by atoms with Crippen LogP contribution in [0.25, 0.3) is 11.3 Å². The number of nitrogens with one attached hydrogen (secondary N) is 1. The van der Waals surface area contributed by atoms with Gasteiger partial charge in [-0.05, 0) is 31.0 Å². The van der Waals surface area contributed by atoms with Crippen LogP contribution in [0.1, 0.15) is 12.8 Å². The van der Waals surface area contributed by atoms with Crippen molar-refractivity contribution in [3.05, 3.63) is 36.4 Å². The second-order valence-electron chi connectivity index (χ2n) is 6.53. The SMILES string of the molecule is O=C(NC1CCN(c2cc(-c3ccc(OC(F)(F)F)c(F)c3)ncn2)CC1)C(F)F. The number of amides is 1. The topological polar surface area (TPSA) is 67.4 Å². The first kappa shape index (κ1) is 21.7. The summed E-state index contributed by atoms with van der Waals surface area (Å²) in [6.45, 7) is 0.856. The van der Waals surface area contributed by atoms with E-state index in [9.17, 15) is 31.1 Å². The molecular formula is C18H16F6N4O2. The quantitative estimate of drug-likeness (QED) is 0.730. The number of piperidine rings is 1. The summed E-state index contributed by atoms with van der Waals surface area (Å²) in [4.78, 5) is 21.1. The summed E-state index contributed by atoms with van der Waals surface area (Å²) in [5, 5.41) is 2.27. The lowest BCUT2D eigenvalue weighted by Gasteiger charge is -2.33. The van der Waals surface area contributed by atoms with Crippen molar-refractivity contribution in [1.82, 2.24) is 15.3 Å². The van der Waals surface area contributed by atoms with E-state index in [1.54, 1.807) is 0 Å². The first-order valence-electron chi connectivity index (χ1n) is 8.83. The molecule has 2 aromatic rings. The Bertz CT molecular complexity index is 900. The first-order valence-corrected chi connectivity index (χ1v) is 8.83. The first-order chi connectivity index (χ1) is 14.1. The van der Waals surface area contributed by atoms with Crippen LogP contribution in [-0.2, 0) is 4.79 Å². The number of hydrogen-bond acceptors (Lipinski definition) is 5. The molecule has 0 unspecified atom stereocenters. The average Bonchev–Trinajstić information content (AvgIpc) is 2.69. The van der Waals surface area contributed by atoms with Crippen LogP contribution in [0.5, 0.6) is 5.75 Å². The molecule has 1 amide bonds. The minimum absolute atomic E-state index is 0.227. The lowest BCUT2D eigenvalue weighted by Crippen LogP contribution is -2.46. The van der Waals surface area contributed by atoms with Crippen LogP contribution in [0.15, 0.2) is 30.6 Å². The number of benzene rings is 1. The van der Waals surface area contributed by atoms with Gasteiger partial charge in [0.25, 0.3) is 5.91 Å². The Labute approximate surface area is 166 Å². The number of carbonyl (C=O) groups is 1. The monoisotopic (exact) mass is 434 g/mol. The fraction of sp³-hybridized carbons (Fsp3) is 0.389. The van der Waals surface area contributed by atoms with E-state index in [1.807, 2.05) is 4.90 Å². The van der Waals surface area contributed by atoms with Gasteiger partial charge in [-0.25, -0.2) is 14.4 Å². The fourth-order valence-electron chi connectivity index (χ4n) is 3.06. The number of hydrogen-bond donors (Lipinski definition) is 1. The Morgan fingerprint density at radius 3 is 2.47 bits per heavy atom. The molecule has 6 nitrogen and oxygen atoms in total. The predicted octanol–water partition coefficient (Wildman–Crippen LogP) is 3.53. The largest absolute Gasteiger partial charge is 0.573 e. The summed E-state index contributed by atoms with van der Waals surface area (Å²) in [5.74, 6) is -2.97. The van der Waals surface area contributed by atoms with Crippen LogP contribution in [-0.4, -0.2) is 47.8 Å². The molecule has 0 aliphatic carbocycles. The van der Waals surface area contributed by atoms with E-state index >= 15 is 0 Å². The van der Waals surface area contributed by atoms with Crippen molar-refractivity contribution in [3.8, 4) is 17.0 Å². The number of anilines is 1. The third-order valence-corrected chi connectivity index (χ3v) is 4.47. The van der Waals surface area contributed by atoms with Gasteiger partial charge in [0.15, 0.2) is 11.6 Å². The van der Waals surface area contributed by atoms with E-state index in [0.717, 1.165) is 12.1 Å². The number of halogens is 6. The molecule has 1 aromatic carbocycles. The Balaban J connectivity index is 1.68. The standard InChI is InChI=1S/C18H16F6N4O2/c19-12-7-10(1-2-14(12)30-18(22,23)24)13-8-15(26-9-25-13)28-5-3-11(4-6-28)27-17(29)16(20)21/h1-2,7-9,11,16H,3-6H2,(H,27,29). The van der Waals surface area contributed by atoms with Gasteiger partial charge in [0.1, 0.15) is 12.1 Å². The molecule has 30 heavy (non-hydrogen) atoms. The summed E-state index contributed by atoms with van der Waals surface area (Å²) in [5.41, 5.74) is 0.510. The molecule has 2 heterocycles. The Morgan fingerprint density at radius 2 is 1.87 bits per heavy atom. The summed E-state index contributed by atoms with van der Waals surface area (Å²) >= 11 is 0. The highest BCUT2D eigenvalue weighted by Crippen LogP contribution is 2.30. The van der Waals surface area contributed by atoms with Crippen LogP contribution in [0.3, 0.4) is 0 Å².